The Labute approximate surface area is 239 Å². The summed E-state index contributed by atoms with van der Waals surface area (Å²) in [6, 6.07) is -0.952. The van der Waals surface area contributed by atoms with Crippen LogP contribution in [0.3, 0.4) is 0 Å². The quantitative estimate of drug-likeness (QED) is 0.388. The number of hydrogen-bond donors (Lipinski definition) is 3. The summed E-state index contributed by atoms with van der Waals surface area (Å²) >= 11 is 0. The van der Waals surface area contributed by atoms with Gasteiger partial charge >= 0.3 is 5.97 Å². The molecule has 41 heavy (non-hydrogen) atoms. The van der Waals surface area contributed by atoms with Crippen LogP contribution in [0.4, 0.5) is 5.95 Å². The molecule has 4 heterocycles. The molecular formula is C30H40N6O5. The summed E-state index contributed by atoms with van der Waals surface area (Å²) in [7, 11) is 0. The highest BCUT2D eigenvalue weighted by atomic mass is 16.5. The number of carbonyl (C=O) groups excluding carboxylic acids is 2. The second-order valence-corrected chi connectivity index (χ2v) is 12.8. The summed E-state index contributed by atoms with van der Waals surface area (Å²) in [5.74, 6) is 0.924. The molecule has 0 spiro atoms. The van der Waals surface area contributed by atoms with Crippen molar-refractivity contribution in [2.75, 3.05) is 19.8 Å². The SMILES string of the molecule is CC(NC(CC1C2Cn3ccnc3N=C2CC2[C@]1(C)CC[C@@H](O)[C@@]2(C)CO)C1=CCOC1=O)C(=O)CC1=NCC=N1. The van der Waals surface area contributed by atoms with E-state index in [1.807, 2.05) is 26.1 Å². The zero-order valence-electron chi connectivity index (χ0n) is 24.0. The first-order valence-corrected chi connectivity index (χ1v) is 14.7. The summed E-state index contributed by atoms with van der Waals surface area (Å²) in [5, 5.41) is 25.2. The number of fused-ring (bicyclic) bond motifs is 3. The third-order valence-electron chi connectivity index (χ3n) is 10.6. The number of nitrogens with zero attached hydrogens (tertiary/aromatic N) is 5. The van der Waals surface area contributed by atoms with Gasteiger partial charge in [0.25, 0.3) is 0 Å². The maximum Gasteiger partial charge on any atom is 0.335 e. The molecule has 220 valence electrons. The van der Waals surface area contributed by atoms with Crippen LogP contribution < -0.4 is 5.32 Å². The summed E-state index contributed by atoms with van der Waals surface area (Å²) < 4.78 is 7.41. The average Bonchev–Trinajstić information content (AvgIpc) is 3.73. The molecule has 0 bridgehead atoms. The van der Waals surface area contributed by atoms with Crippen LogP contribution in [-0.4, -0.2) is 87.2 Å². The minimum Gasteiger partial charge on any atom is -0.458 e. The van der Waals surface area contributed by atoms with E-state index in [9.17, 15) is 19.8 Å². The summed E-state index contributed by atoms with van der Waals surface area (Å²) in [4.78, 5) is 43.9. The fraction of sp³-hybridized carbons (Fsp3) is 0.667. The molecule has 6 rings (SSSR count). The molecule has 1 aromatic rings. The molecule has 0 amide bonds. The van der Waals surface area contributed by atoms with Gasteiger partial charge in [-0.15, -0.1) is 0 Å². The Bertz CT molecular complexity index is 1350. The molecule has 3 aliphatic heterocycles. The van der Waals surface area contributed by atoms with Gasteiger partial charge in [-0.05, 0) is 55.9 Å². The lowest BCUT2D eigenvalue weighted by atomic mass is 9.44. The van der Waals surface area contributed by atoms with Crippen LogP contribution in [-0.2, 0) is 20.9 Å². The second-order valence-electron chi connectivity index (χ2n) is 12.8. The van der Waals surface area contributed by atoms with E-state index in [0.717, 1.165) is 18.7 Å². The van der Waals surface area contributed by atoms with E-state index in [4.69, 9.17) is 9.73 Å². The number of ether oxygens (including phenoxy) is 1. The van der Waals surface area contributed by atoms with Crippen molar-refractivity contribution in [3.63, 3.8) is 0 Å². The number of nitrogens with one attached hydrogen (secondary N) is 1. The highest BCUT2D eigenvalue weighted by molar-refractivity contribution is 6.07. The van der Waals surface area contributed by atoms with Crippen LogP contribution in [0.2, 0.25) is 0 Å². The minimum atomic E-state index is -0.689. The minimum absolute atomic E-state index is 0.0206. The Hall–Kier alpha value is -3.02. The Morgan fingerprint density at radius 2 is 2.17 bits per heavy atom. The number of esters is 1. The fourth-order valence-electron chi connectivity index (χ4n) is 8.14. The summed E-state index contributed by atoms with van der Waals surface area (Å²) in [6.07, 6.45) is 9.39. The molecule has 11 nitrogen and oxygen atoms in total. The van der Waals surface area contributed by atoms with Crippen LogP contribution in [0.15, 0.2) is 39.0 Å². The number of aliphatic imine (C=N–C) groups is 3. The number of amidine groups is 1. The van der Waals surface area contributed by atoms with Gasteiger partial charge < -0.3 is 24.8 Å². The van der Waals surface area contributed by atoms with E-state index in [2.05, 4.69) is 31.8 Å². The molecule has 0 saturated heterocycles. The average molecular weight is 565 g/mol. The van der Waals surface area contributed by atoms with Crippen molar-refractivity contribution >= 4 is 35.5 Å². The summed E-state index contributed by atoms with van der Waals surface area (Å²) in [6.45, 7) is 7.42. The number of hydrogen-bond acceptors (Lipinski definition) is 10. The molecule has 5 unspecified atom stereocenters. The van der Waals surface area contributed by atoms with Crippen LogP contribution in [0, 0.1) is 28.6 Å². The van der Waals surface area contributed by atoms with E-state index in [-0.39, 0.29) is 54.6 Å². The molecule has 1 aromatic heterocycles. The Morgan fingerprint density at radius 3 is 2.88 bits per heavy atom. The van der Waals surface area contributed by atoms with Crippen molar-refractivity contribution in [1.82, 2.24) is 14.9 Å². The number of ketones is 1. The number of imidazole rings is 1. The van der Waals surface area contributed by atoms with Crippen LogP contribution in [0.5, 0.6) is 0 Å². The smallest absolute Gasteiger partial charge is 0.335 e. The van der Waals surface area contributed by atoms with Gasteiger partial charge in [0.2, 0.25) is 5.95 Å². The third-order valence-corrected chi connectivity index (χ3v) is 10.6. The van der Waals surface area contributed by atoms with Gasteiger partial charge in [0.05, 0.1) is 37.3 Å². The second kappa shape index (κ2) is 10.7. The lowest BCUT2D eigenvalue weighted by Crippen LogP contribution is -2.62. The van der Waals surface area contributed by atoms with Crippen LogP contribution >= 0.6 is 0 Å². The van der Waals surface area contributed by atoms with Crippen molar-refractivity contribution in [3.05, 3.63) is 24.0 Å². The topological polar surface area (TPSA) is 151 Å². The van der Waals surface area contributed by atoms with Gasteiger partial charge in [-0.3, -0.25) is 9.79 Å². The number of aromatic nitrogens is 2. The van der Waals surface area contributed by atoms with Crippen molar-refractivity contribution in [2.24, 2.45) is 43.6 Å². The van der Waals surface area contributed by atoms with Crippen molar-refractivity contribution in [2.45, 2.75) is 77.6 Å². The van der Waals surface area contributed by atoms with Gasteiger partial charge in [-0.2, -0.15) is 0 Å². The van der Waals surface area contributed by atoms with E-state index in [1.165, 1.54) is 0 Å². The zero-order valence-corrected chi connectivity index (χ0v) is 24.0. The van der Waals surface area contributed by atoms with Crippen LogP contribution in [0.25, 0.3) is 0 Å². The first-order chi connectivity index (χ1) is 19.6. The molecule has 2 fully saturated rings. The lowest BCUT2D eigenvalue weighted by Gasteiger charge is -2.62. The van der Waals surface area contributed by atoms with E-state index < -0.39 is 23.6 Å². The Balaban J connectivity index is 1.35. The number of aliphatic hydroxyl groups is 2. The highest BCUT2D eigenvalue weighted by Gasteiger charge is 2.61. The number of rotatable bonds is 9. The molecule has 8 atom stereocenters. The van der Waals surface area contributed by atoms with E-state index >= 15 is 0 Å². The highest BCUT2D eigenvalue weighted by Crippen LogP contribution is 2.62. The maximum absolute atomic E-state index is 13.2. The largest absolute Gasteiger partial charge is 0.458 e. The molecule has 0 aromatic carbocycles. The van der Waals surface area contributed by atoms with Gasteiger partial charge in [-0.25, -0.2) is 19.8 Å². The van der Waals surface area contributed by atoms with Gasteiger partial charge in [-0.1, -0.05) is 13.8 Å². The lowest BCUT2D eigenvalue weighted by molar-refractivity contribution is -0.157. The number of aliphatic hydroxyl groups excluding tert-OH is 2. The van der Waals surface area contributed by atoms with Crippen molar-refractivity contribution in [3.8, 4) is 0 Å². The van der Waals surface area contributed by atoms with Gasteiger partial charge in [0, 0.05) is 48.2 Å². The van der Waals surface area contributed by atoms with E-state index in [0.29, 0.717) is 43.2 Å². The molecule has 0 radical (unpaired) electrons. The zero-order chi connectivity index (χ0) is 28.9. The predicted octanol–water partition coefficient (Wildman–Crippen LogP) is 2.04. The first-order valence-electron chi connectivity index (χ1n) is 14.7. The number of Topliss-reactive ketones (excluding diaryl/α,β-unsaturated/α-hetero) is 1. The van der Waals surface area contributed by atoms with Gasteiger partial charge in [0.15, 0.2) is 5.78 Å². The normalized spacial score (nSPS) is 35.4. The van der Waals surface area contributed by atoms with Crippen LogP contribution in [0.1, 0.15) is 52.9 Å². The maximum atomic E-state index is 13.2. The van der Waals surface area contributed by atoms with Gasteiger partial charge in [0.1, 0.15) is 12.4 Å². The molecule has 3 N–H and O–H groups in total. The molecule has 2 saturated carbocycles. The molecular weight excluding hydrogens is 524 g/mol. The first kappa shape index (κ1) is 28.1. The number of cyclic esters (lactones) is 1. The third kappa shape index (κ3) is 4.81. The standard InChI is InChI=1S/C30H40N6O5/c1-17(23(38)14-26-31-7-8-32-26)34-21(18-5-11-41-27(18)40)12-20-19-15-36-10-9-33-28(36)35-22(19)13-24-29(20,2)6-4-25(39)30(24,3)16-37/h5,7,9-10,17,19-21,24-25,34,37,39H,4,6,8,11-16H2,1-3H3/t17?,19?,20?,21?,24?,25-,29-,30+/m1/s1. The number of carbonyl (C=O) groups is 2. The monoisotopic (exact) mass is 564 g/mol. The molecule has 11 heteroatoms. The van der Waals surface area contributed by atoms with E-state index in [1.54, 1.807) is 12.4 Å². The fourth-order valence-corrected chi connectivity index (χ4v) is 8.14. The summed E-state index contributed by atoms with van der Waals surface area (Å²) in [5.41, 5.74) is 0.645. The predicted molar refractivity (Wildman–Crippen MR) is 153 cm³/mol. The van der Waals surface area contributed by atoms with Crippen molar-refractivity contribution in [1.29, 1.82) is 0 Å². The molecule has 5 aliphatic rings. The Morgan fingerprint density at radius 1 is 1.34 bits per heavy atom. The Kier molecular flexibility index (Phi) is 7.32. The van der Waals surface area contributed by atoms with Crippen molar-refractivity contribution < 1.29 is 24.5 Å². The molecule has 2 aliphatic carbocycles.